The van der Waals surface area contributed by atoms with Crippen LogP contribution in [0.1, 0.15) is 64.0 Å². The van der Waals surface area contributed by atoms with Crippen LogP contribution in [0.3, 0.4) is 0 Å². The highest BCUT2D eigenvalue weighted by Gasteiger charge is 2.18. The standard InChI is InChI=1S/C24H34N4O2/c1-7-11-20-21-22(27(6)26-20)23(29)28(17(3)25-21)15-10-13-18-12-9-14-19(16-18)30-24(4,5)8-2/h9,12,14,16H,7-8,10-11,13,15H2,1-6H3. The third-order valence-electron chi connectivity index (χ3n) is 5.68. The molecule has 0 aliphatic rings. The molecule has 1 aromatic carbocycles. The normalized spacial score (nSPS) is 11.9. The Morgan fingerprint density at radius 2 is 1.93 bits per heavy atom. The van der Waals surface area contributed by atoms with Crippen molar-refractivity contribution in [2.24, 2.45) is 7.05 Å². The lowest BCUT2D eigenvalue weighted by atomic mass is 10.1. The molecule has 0 aliphatic heterocycles. The third-order valence-corrected chi connectivity index (χ3v) is 5.68. The van der Waals surface area contributed by atoms with Crippen molar-refractivity contribution < 1.29 is 4.74 Å². The maximum absolute atomic E-state index is 13.1. The van der Waals surface area contributed by atoms with Crippen LogP contribution in [0.4, 0.5) is 0 Å². The summed E-state index contributed by atoms with van der Waals surface area (Å²) in [5, 5.41) is 4.52. The Morgan fingerprint density at radius 3 is 2.63 bits per heavy atom. The summed E-state index contributed by atoms with van der Waals surface area (Å²) in [6.07, 6.45) is 4.49. The van der Waals surface area contributed by atoms with Gasteiger partial charge in [0.05, 0.1) is 5.69 Å². The molecule has 0 unspecified atom stereocenters. The zero-order chi connectivity index (χ0) is 21.9. The Labute approximate surface area is 178 Å². The molecule has 0 bridgehead atoms. The minimum atomic E-state index is -0.177. The number of benzene rings is 1. The molecule has 0 atom stereocenters. The quantitative estimate of drug-likeness (QED) is 0.518. The third kappa shape index (κ3) is 4.74. The molecule has 0 spiro atoms. The first kappa shape index (κ1) is 22.1. The molecule has 0 saturated heterocycles. The van der Waals surface area contributed by atoms with Crippen LogP contribution in [-0.4, -0.2) is 24.9 Å². The summed E-state index contributed by atoms with van der Waals surface area (Å²) in [7, 11) is 1.83. The average Bonchev–Trinajstić information content (AvgIpc) is 3.00. The van der Waals surface area contributed by atoms with E-state index in [1.165, 1.54) is 5.56 Å². The lowest BCUT2D eigenvalue weighted by Gasteiger charge is -2.25. The molecular weight excluding hydrogens is 376 g/mol. The van der Waals surface area contributed by atoms with Crippen molar-refractivity contribution in [1.29, 1.82) is 0 Å². The van der Waals surface area contributed by atoms with E-state index in [0.717, 1.165) is 54.9 Å². The molecular formula is C24H34N4O2. The molecule has 0 N–H and O–H groups in total. The highest BCUT2D eigenvalue weighted by Crippen LogP contribution is 2.22. The van der Waals surface area contributed by atoms with Gasteiger partial charge in [0.2, 0.25) is 0 Å². The van der Waals surface area contributed by atoms with Gasteiger partial charge in [0.1, 0.15) is 22.7 Å². The van der Waals surface area contributed by atoms with E-state index in [2.05, 4.69) is 44.9 Å². The fraction of sp³-hybridized carbons (Fsp3) is 0.542. The first-order valence-electron chi connectivity index (χ1n) is 11.0. The summed E-state index contributed by atoms with van der Waals surface area (Å²) in [6.45, 7) is 11.0. The first-order chi connectivity index (χ1) is 14.3. The second-order valence-corrected chi connectivity index (χ2v) is 8.60. The predicted molar refractivity (Wildman–Crippen MR) is 121 cm³/mol. The Bertz CT molecular complexity index is 1080. The zero-order valence-corrected chi connectivity index (χ0v) is 19.2. The van der Waals surface area contributed by atoms with E-state index >= 15 is 0 Å². The molecule has 3 rings (SSSR count). The van der Waals surface area contributed by atoms with Gasteiger partial charge in [0, 0.05) is 13.6 Å². The molecule has 2 heterocycles. The minimum Gasteiger partial charge on any atom is -0.488 e. The van der Waals surface area contributed by atoms with Crippen molar-refractivity contribution in [3.63, 3.8) is 0 Å². The molecule has 0 radical (unpaired) electrons. The lowest BCUT2D eigenvalue weighted by Crippen LogP contribution is -2.26. The summed E-state index contributed by atoms with van der Waals surface area (Å²) in [5.74, 6) is 1.65. The topological polar surface area (TPSA) is 61.9 Å². The largest absolute Gasteiger partial charge is 0.488 e. The van der Waals surface area contributed by atoms with Gasteiger partial charge in [-0.1, -0.05) is 32.4 Å². The molecule has 0 amide bonds. The van der Waals surface area contributed by atoms with Gasteiger partial charge in [-0.15, -0.1) is 0 Å². The van der Waals surface area contributed by atoms with Crippen molar-refractivity contribution in [2.45, 2.75) is 78.9 Å². The Morgan fingerprint density at radius 1 is 1.17 bits per heavy atom. The number of rotatable bonds is 9. The Balaban J connectivity index is 1.75. The second-order valence-electron chi connectivity index (χ2n) is 8.60. The van der Waals surface area contributed by atoms with Crippen molar-refractivity contribution in [3.05, 3.63) is 51.7 Å². The molecule has 2 aromatic heterocycles. The Kier molecular flexibility index (Phi) is 6.64. The van der Waals surface area contributed by atoms with Crippen LogP contribution >= 0.6 is 0 Å². The van der Waals surface area contributed by atoms with E-state index in [0.29, 0.717) is 12.1 Å². The number of ether oxygens (including phenoxy) is 1. The van der Waals surface area contributed by atoms with Crippen LogP contribution in [0.15, 0.2) is 29.1 Å². The fourth-order valence-electron chi connectivity index (χ4n) is 3.69. The maximum atomic E-state index is 13.1. The SMILES string of the molecule is CCCc1nn(C)c2c(=O)n(CCCc3cccc(OC(C)(C)CC)c3)c(C)nc12. The highest BCUT2D eigenvalue weighted by atomic mass is 16.5. The molecule has 30 heavy (non-hydrogen) atoms. The van der Waals surface area contributed by atoms with E-state index in [1.54, 1.807) is 9.25 Å². The van der Waals surface area contributed by atoms with Gasteiger partial charge in [-0.3, -0.25) is 14.0 Å². The van der Waals surface area contributed by atoms with E-state index in [1.807, 2.05) is 26.1 Å². The number of hydrogen-bond acceptors (Lipinski definition) is 4. The van der Waals surface area contributed by atoms with Crippen molar-refractivity contribution in [1.82, 2.24) is 19.3 Å². The van der Waals surface area contributed by atoms with Gasteiger partial charge in [-0.05, 0) is 64.2 Å². The maximum Gasteiger partial charge on any atom is 0.279 e. The number of aromatic nitrogens is 4. The van der Waals surface area contributed by atoms with Crippen molar-refractivity contribution >= 4 is 11.0 Å². The lowest BCUT2D eigenvalue weighted by molar-refractivity contribution is 0.105. The highest BCUT2D eigenvalue weighted by molar-refractivity contribution is 5.76. The summed E-state index contributed by atoms with van der Waals surface area (Å²) >= 11 is 0. The van der Waals surface area contributed by atoms with E-state index < -0.39 is 0 Å². The average molecular weight is 411 g/mol. The molecule has 162 valence electrons. The molecule has 0 aliphatic carbocycles. The van der Waals surface area contributed by atoms with E-state index in [-0.39, 0.29) is 11.2 Å². The van der Waals surface area contributed by atoms with Crippen LogP contribution in [0.25, 0.3) is 11.0 Å². The number of fused-ring (bicyclic) bond motifs is 1. The number of nitrogens with zero attached hydrogens (tertiary/aromatic N) is 4. The predicted octanol–water partition coefficient (Wildman–Crippen LogP) is 4.59. The summed E-state index contributed by atoms with van der Waals surface area (Å²) < 4.78 is 9.56. The summed E-state index contributed by atoms with van der Waals surface area (Å²) in [6, 6.07) is 8.25. The van der Waals surface area contributed by atoms with Crippen molar-refractivity contribution in [3.8, 4) is 5.75 Å². The molecule has 0 saturated carbocycles. The summed E-state index contributed by atoms with van der Waals surface area (Å²) in [4.78, 5) is 17.8. The van der Waals surface area contributed by atoms with Crippen LogP contribution in [0.2, 0.25) is 0 Å². The molecule has 3 aromatic rings. The molecule has 0 fully saturated rings. The number of hydrogen-bond donors (Lipinski definition) is 0. The van der Waals surface area contributed by atoms with Crippen LogP contribution < -0.4 is 10.3 Å². The van der Waals surface area contributed by atoms with E-state index in [9.17, 15) is 4.79 Å². The second kappa shape index (κ2) is 9.02. The van der Waals surface area contributed by atoms with Gasteiger partial charge in [-0.2, -0.15) is 5.10 Å². The van der Waals surface area contributed by atoms with Gasteiger partial charge >= 0.3 is 0 Å². The first-order valence-corrected chi connectivity index (χ1v) is 11.0. The molecule has 6 nitrogen and oxygen atoms in total. The fourth-order valence-corrected chi connectivity index (χ4v) is 3.69. The van der Waals surface area contributed by atoms with Crippen molar-refractivity contribution in [2.75, 3.05) is 0 Å². The van der Waals surface area contributed by atoms with Gasteiger partial charge in [0.25, 0.3) is 5.56 Å². The smallest absolute Gasteiger partial charge is 0.279 e. The van der Waals surface area contributed by atoms with Crippen LogP contribution in [-0.2, 0) is 26.4 Å². The van der Waals surface area contributed by atoms with E-state index in [4.69, 9.17) is 9.72 Å². The zero-order valence-electron chi connectivity index (χ0n) is 19.2. The van der Waals surface area contributed by atoms with Gasteiger partial charge < -0.3 is 4.74 Å². The van der Waals surface area contributed by atoms with Crippen LogP contribution in [0, 0.1) is 6.92 Å². The monoisotopic (exact) mass is 410 g/mol. The van der Waals surface area contributed by atoms with Crippen LogP contribution in [0.5, 0.6) is 5.75 Å². The molecule has 6 heteroatoms. The summed E-state index contributed by atoms with van der Waals surface area (Å²) in [5.41, 5.74) is 3.29. The van der Waals surface area contributed by atoms with Gasteiger partial charge in [-0.25, -0.2) is 4.98 Å². The Hall–Kier alpha value is -2.63. The number of aryl methyl sites for hydroxylation is 4. The van der Waals surface area contributed by atoms with Gasteiger partial charge in [0.15, 0.2) is 5.52 Å². The minimum absolute atomic E-state index is 0.00312.